The molecular formula is C20H25Cl2N5O3. The van der Waals surface area contributed by atoms with Gasteiger partial charge in [-0.1, -0.05) is 30.1 Å². The van der Waals surface area contributed by atoms with E-state index < -0.39 is 0 Å². The number of ether oxygens (including phenoxy) is 1. The molecule has 1 atom stereocenters. The molecule has 1 fully saturated rings. The van der Waals surface area contributed by atoms with Crippen LogP contribution in [0.1, 0.15) is 49.8 Å². The van der Waals surface area contributed by atoms with Gasteiger partial charge in [0.05, 0.1) is 11.9 Å². The first-order valence-electron chi connectivity index (χ1n) is 9.92. The van der Waals surface area contributed by atoms with E-state index in [1.807, 2.05) is 6.92 Å². The van der Waals surface area contributed by atoms with Crippen LogP contribution in [-0.2, 0) is 16.1 Å². The molecule has 0 saturated carbocycles. The van der Waals surface area contributed by atoms with E-state index in [0.29, 0.717) is 48.8 Å². The molecule has 2 N–H and O–H groups in total. The third-order valence-electron chi connectivity index (χ3n) is 5.15. The van der Waals surface area contributed by atoms with Gasteiger partial charge in [-0.25, -0.2) is 4.79 Å². The van der Waals surface area contributed by atoms with Gasteiger partial charge in [0.2, 0.25) is 5.91 Å². The monoisotopic (exact) mass is 453 g/mol. The zero-order valence-electron chi connectivity index (χ0n) is 16.7. The second-order valence-corrected chi connectivity index (χ2v) is 8.37. The number of aromatic nitrogens is 3. The van der Waals surface area contributed by atoms with Crippen LogP contribution in [0.4, 0.5) is 4.79 Å². The number of hydrogen-bond donors (Lipinski definition) is 2. The SMILES string of the molecule is CC(CCC(=O)NC1CCN(C(=O)OCc2cc(Cl)cc(Cl)c2)CC1)c1cn[nH]n1. The fourth-order valence-corrected chi connectivity index (χ4v) is 3.95. The van der Waals surface area contributed by atoms with Crippen LogP contribution in [0.3, 0.4) is 0 Å². The number of carbonyl (C=O) groups is 2. The Morgan fingerprint density at radius 2 is 1.97 bits per heavy atom. The van der Waals surface area contributed by atoms with Gasteiger partial charge in [-0.2, -0.15) is 15.4 Å². The zero-order chi connectivity index (χ0) is 21.5. The second-order valence-electron chi connectivity index (χ2n) is 7.50. The van der Waals surface area contributed by atoms with Crippen molar-refractivity contribution in [3.05, 3.63) is 45.7 Å². The molecular weight excluding hydrogens is 429 g/mol. The van der Waals surface area contributed by atoms with Gasteiger partial charge >= 0.3 is 6.09 Å². The average Bonchev–Trinajstić information content (AvgIpc) is 3.25. The number of amides is 2. The van der Waals surface area contributed by atoms with Crippen LogP contribution in [0.5, 0.6) is 0 Å². The molecule has 1 aromatic heterocycles. The Morgan fingerprint density at radius 3 is 2.60 bits per heavy atom. The van der Waals surface area contributed by atoms with E-state index in [1.54, 1.807) is 29.3 Å². The lowest BCUT2D eigenvalue weighted by Crippen LogP contribution is -2.46. The summed E-state index contributed by atoms with van der Waals surface area (Å²) < 4.78 is 5.36. The van der Waals surface area contributed by atoms with E-state index in [9.17, 15) is 9.59 Å². The highest BCUT2D eigenvalue weighted by molar-refractivity contribution is 6.34. The van der Waals surface area contributed by atoms with Crippen molar-refractivity contribution in [3.63, 3.8) is 0 Å². The number of nitrogens with zero attached hydrogens (tertiary/aromatic N) is 3. The van der Waals surface area contributed by atoms with Gasteiger partial charge in [0, 0.05) is 41.5 Å². The number of halogens is 2. The fourth-order valence-electron chi connectivity index (χ4n) is 3.38. The first-order chi connectivity index (χ1) is 14.4. The number of piperidine rings is 1. The van der Waals surface area contributed by atoms with Crippen LogP contribution in [0.2, 0.25) is 10.0 Å². The van der Waals surface area contributed by atoms with E-state index in [4.69, 9.17) is 27.9 Å². The summed E-state index contributed by atoms with van der Waals surface area (Å²) in [6.07, 6.45) is 3.83. The van der Waals surface area contributed by atoms with Crippen molar-refractivity contribution in [1.29, 1.82) is 0 Å². The fraction of sp³-hybridized carbons (Fsp3) is 0.500. The molecule has 0 bridgehead atoms. The Kier molecular flexibility index (Phi) is 7.93. The van der Waals surface area contributed by atoms with E-state index in [-0.39, 0.29) is 30.6 Å². The third-order valence-corrected chi connectivity index (χ3v) is 5.58. The number of hydrogen-bond acceptors (Lipinski definition) is 5. The lowest BCUT2D eigenvalue weighted by atomic mass is 10.0. The number of rotatable bonds is 7. The quantitative estimate of drug-likeness (QED) is 0.661. The third kappa shape index (κ3) is 6.60. The van der Waals surface area contributed by atoms with Crippen molar-refractivity contribution >= 4 is 35.2 Å². The highest BCUT2D eigenvalue weighted by Crippen LogP contribution is 2.21. The smallest absolute Gasteiger partial charge is 0.410 e. The van der Waals surface area contributed by atoms with E-state index in [2.05, 4.69) is 20.7 Å². The summed E-state index contributed by atoms with van der Waals surface area (Å²) in [7, 11) is 0. The molecule has 2 aromatic rings. The normalized spacial score (nSPS) is 15.6. The van der Waals surface area contributed by atoms with Gasteiger partial charge in [-0.05, 0) is 43.0 Å². The summed E-state index contributed by atoms with van der Waals surface area (Å²) in [4.78, 5) is 26.2. The van der Waals surface area contributed by atoms with Gasteiger partial charge < -0.3 is 15.0 Å². The van der Waals surface area contributed by atoms with E-state index in [0.717, 1.165) is 11.3 Å². The van der Waals surface area contributed by atoms with Crippen LogP contribution < -0.4 is 5.32 Å². The average molecular weight is 454 g/mol. The van der Waals surface area contributed by atoms with Gasteiger partial charge in [-0.3, -0.25) is 4.79 Å². The van der Waals surface area contributed by atoms with E-state index >= 15 is 0 Å². The summed E-state index contributed by atoms with van der Waals surface area (Å²) in [5.41, 5.74) is 1.59. The predicted octanol–water partition coefficient (Wildman–Crippen LogP) is 3.91. The number of likely N-dealkylation sites (tertiary alicyclic amines) is 1. The topological polar surface area (TPSA) is 100 Å². The number of benzene rings is 1. The summed E-state index contributed by atoms with van der Waals surface area (Å²) in [5, 5.41) is 14.5. The van der Waals surface area contributed by atoms with Crippen LogP contribution in [0, 0.1) is 0 Å². The maximum atomic E-state index is 12.3. The highest BCUT2D eigenvalue weighted by Gasteiger charge is 2.25. The summed E-state index contributed by atoms with van der Waals surface area (Å²) >= 11 is 11.9. The van der Waals surface area contributed by atoms with E-state index in [1.165, 1.54) is 0 Å². The lowest BCUT2D eigenvalue weighted by Gasteiger charge is -2.31. The number of H-pyrrole nitrogens is 1. The Labute approximate surface area is 185 Å². The predicted molar refractivity (Wildman–Crippen MR) is 113 cm³/mol. The van der Waals surface area contributed by atoms with Crippen molar-refractivity contribution in [1.82, 2.24) is 25.6 Å². The first-order valence-corrected chi connectivity index (χ1v) is 10.7. The number of aromatic amines is 1. The zero-order valence-corrected chi connectivity index (χ0v) is 18.2. The summed E-state index contributed by atoms with van der Waals surface area (Å²) in [6.45, 7) is 3.21. The minimum absolute atomic E-state index is 0.0178. The van der Waals surface area contributed by atoms with Crippen molar-refractivity contribution < 1.29 is 14.3 Å². The molecule has 2 amide bonds. The highest BCUT2D eigenvalue weighted by atomic mass is 35.5. The van der Waals surface area contributed by atoms with Crippen LogP contribution in [0.15, 0.2) is 24.4 Å². The Bertz CT molecular complexity index is 834. The maximum absolute atomic E-state index is 12.3. The standard InChI is InChI=1S/C20H25Cl2N5O3/c1-13(18-11-23-26-25-18)2-3-19(28)24-17-4-6-27(7-5-17)20(29)30-12-14-8-15(21)10-16(22)9-14/h8-11,13,17H,2-7,12H2,1H3,(H,24,28)(H,23,25,26). The first kappa shape index (κ1) is 22.4. The van der Waals surface area contributed by atoms with Crippen molar-refractivity contribution in [3.8, 4) is 0 Å². The van der Waals surface area contributed by atoms with Gasteiger partial charge in [-0.15, -0.1) is 0 Å². The van der Waals surface area contributed by atoms with Crippen LogP contribution in [-0.4, -0.2) is 51.4 Å². The van der Waals surface area contributed by atoms with Crippen LogP contribution in [0.25, 0.3) is 0 Å². The molecule has 1 aliphatic heterocycles. The maximum Gasteiger partial charge on any atom is 0.410 e. The molecule has 30 heavy (non-hydrogen) atoms. The van der Waals surface area contributed by atoms with Gasteiger partial charge in [0.1, 0.15) is 6.61 Å². The molecule has 0 aliphatic carbocycles. The summed E-state index contributed by atoms with van der Waals surface area (Å²) in [6, 6.07) is 5.12. The minimum atomic E-state index is -0.377. The molecule has 3 rings (SSSR count). The Balaban J connectivity index is 1.35. The second kappa shape index (κ2) is 10.6. The largest absolute Gasteiger partial charge is 0.445 e. The molecule has 1 saturated heterocycles. The molecule has 0 radical (unpaired) electrons. The minimum Gasteiger partial charge on any atom is -0.445 e. The molecule has 1 aliphatic rings. The van der Waals surface area contributed by atoms with Gasteiger partial charge in [0.25, 0.3) is 0 Å². The molecule has 1 unspecified atom stereocenters. The van der Waals surface area contributed by atoms with Crippen LogP contribution >= 0.6 is 23.2 Å². The molecule has 0 spiro atoms. The van der Waals surface area contributed by atoms with Crippen molar-refractivity contribution in [2.75, 3.05) is 13.1 Å². The van der Waals surface area contributed by atoms with Crippen molar-refractivity contribution in [2.24, 2.45) is 0 Å². The molecule has 10 heteroatoms. The number of carbonyl (C=O) groups excluding carboxylic acids is 2. The molecule has 8 nitrogen and oxygen atoms in total. The van der Waals surface area contributed by atoms with Gasteiger partial charge in [0.15, 0.2) is 0 Å². The Morgan fingerprint density at radius 1 is 1.27 bits per heavy atom. The number of nitrogens with one attached hydrogen (secondary N) is 2. The lowest BCUT2D eigenvalue weighted by molar-refractivity contribution is -0.122. The molecule has 162 valence electrons. The van der Waals surface area contributed by atoms with Crippen molar-refractivity contribution in [2.45, 2.75) is 51.2 Å². The summed E-state index contributed by atoms with van der Waals surface area (Å²) in [5.74, 6) is 0.185. The molecule has 1 aromatic carbocycles. The molecule has 2 heterocycles. The Hall–Kier alpha value is -2.32.